The molecule has 1 N–H and O–H groups in total. The summed E-state index contributed by atoms with van der Waals surface area (Å²) in [6.07, 6.45) is -0.900. The maximum absolute atomic E-state index is 13.3. The van der Waals surface area contributed by atoms with Gasteiger partial charge in [-0.2, -0.15) is 0 Å². The highest BCUT2D eigenvalue weighted by molar-refractivity contribution is 6.30. The highest BCUT2D eigenvalue weighted by Gasteiger charge is 2.12. The second kappa shape index (κ2) is 5.55. The van der Waals surface area contributed by atoms with Crippen molar-refractivity contribution in [3.63, 3.8) is 0 Å². The average molecular weight is 285 g/mol. The first-order valence-electron chi connectivity index (χ1n) is 5.58. The molecular formula is C14H11ClF2O2. The van der Waals surface area contributed by atoms with Crippen LogP contribution in [-0.2, 0) is 0 Å². The number of benzene rings is 2. The van der Waals surface area contributed by atoms with Gasteiger partial charge in [-0.25, -0.2) is 8.78 Å². The molecule has 2 aromatic carbocycles. The molecule has 2 aromatic rings. The van der Waals surface area contributed by atoms with E-state index in [1.165, 1.54) is 37.3 Å². The summed E-state index contributed by atoms with van der Waals surface area (Å²) in [5, 5.41) is 9.55. The highest BCUT2D eigenvalue weighted by Crippen LogP contribution is 2.31. The zero-order chi connectivity index (χ0) is 14.0. The number of halogens is 3. The van der Waals surface area contributed by atoms with Crippen molar-refractivity contribution < 1.29 is 18.6 Å². The average Bonchev–Trinajstić information content (AvgIpc) is 2.36. The molecule has 0 aliphatic heterocycles. The first-order chi connectivity index (χ1) is 8.97. The van der Waals surface area contributed by atoms with Gasteiger partial charge in [0.15, 0.2) is 0 Å². The van der Waals surface area contributed by atoms with Crippen LogP contribution in [0.2, 0.25) is 5.02 Å². The lowest BCUT2D eigenvalue weighted by atomic mass is 10.1. The maximum Gasteiger partial charge on any atom is 0.145 e. The molecule has 2 nitrogen and oxygen atoms in total. The fourth-order valence-electron chi connectivity index (χ4n) is 1.61. The second-order valence-electron chi connectivity index (χ2n) is 4.04. The molecule has 0 radical (unpaired) electrons. The quantitative estimate of drug-likeness (QED) is 0.901. The van der Waals surface area contributed by atoms with Gasteiger partial charge in [0.1, 0.15) is 23.1 Å². The first-order valence-corrected chi connectivity index (χ1v) is 5.95. The molecule has 0 bridgehead atoms. The van der Waals surface area contributed by atoms with Gasteiger partial charge < -0.3 is 9.84 Å². The van der Waals surface area contributed by atoms with Crippen LogP contribution in [0.5, 0.6) is 11.5 Å². The smallest absolute Gasteiger partial charge is 0.145 e. The van der Waals surface area contributed by atoms with E-state index >= 15 is 0 Å². The van der Waals surface area contributed by atoms with Crippen LogP contribution in [0.4, 0.5) is 8.78 Å². The van der Waals surface area contributed by atoms with Crippen molar-refractivity contribution in [1.82, 2.24) is 0 Å². The van der Waals surface area contributed by atoms with E-state index in [0.717, 1.165) is 6.07 Å². The Morgan fingerprint density at radius 2 is 1.89 bits per heavy atom. The Morgan fingerprint density at radius 1 is 1.16 bits per heavy atom. The van der Waals surface area contributed by atoms with Crippen molar-refractivity contribution in [2.45, 2.75) is 13.0 Å². The molecule has 0 aromatic heterocycles. The number of hydrogen-bond donors (Lipinski definition) is 1. The molecule has 100 valence electrons. The summed E-state index contributed by atoms with van der Waals surface area (Å²) in [4.78, 5) is 0. The molecule has 0 unspecified atom stereocenters. The van der Waals surface area contributed by atoms with Crippen molar-refractivity contribution in [2.24, 2.45) is 0 Å². The second-order valence-corrected chi connectivity index (χ2v) is 4.44. The molecule has 5 heteroatoms. The number of hydrogen-bond acceptors (Lipinski definition) is 2. The van der Waals surface area contributed by atoms with Gasteiger partial charge in [-0.05, 0) is 37.3 Å². The first kappa shape index (κ1) is 13.8. The van der Waals surface area contributed by atoms with E-state index in [1.54, 1.807) is 0 Å². The standard InChI is InChI=1S/C14H11ClF2O2/c1-8(18)11-6-9(16)2-5-14(11)19-10-3-4-12(15)13(17)7-10/h2-8,18H,1H3/t8-/m1/s1. The summed E-state index contributed by atoms with van der Waals surface area (Å²) in [6.45, 7) is 1.49. The topological polar surface area (TPSA) is 29.5 Å². The Labute approximate surface area is 114 Å². The van der Waals surface area contributed by atoms with Gasteiger partial charge in [0, 0.05) is 11.6 Å². The van der Waals surface area contributed by atoms with E-state index in [0.29, 0.717) is 0 Å². The SMILES string of the molecule is C[C@@H](O)c1cc(F)ccc1Oc1ccc(Cl)c(F)c1. The van der Waals surface area contributed by atoms with Crippen LogP contribution in [0.15, 0.2) is 36.4 Å². The van der Waals surface area contributed by atoms with Gasteiger partial charge in [0.25, 0.3) is 0 Å². The minimum atomic E-state index is -0.900. The summed E-state index contributed by atoms with van der Waals surface area (Å²) in [5.74, 6) is -0.612. The predicted molar refractivity (Wildman–Crippen MR) is 68.5 cm³/mol. The zero-order valence-corrected chi connectivity index (χ0v) is 10.8. The van der Waals surface area contributed by atoms with Gasteiger partial charge >= 0.3 is 0 Å². The monoisotopic (exact) mass is 284 g/mol. The van der Waals surface area contributed by atoms with Crippen molar-refractivity contribution in [1.29, 1.82) is 0 Å². The minimum Gasteiger partial charge on any atom is -0.457 e. The lowest BCUT2D eigenvalue weighted by Gasteiger charge is -2.13. The van der Waals surface area contributed by atoms with E-state index in [4.69, 9.17) is 16.3 Å². The molecule has 0 saturated carbocycles. The molecule has 0 aliphatic carbocycles. The summed E-state index contributed by atoms with van der Waals surface area (Å²) < 4.78 is 31.8. The Kier molecular flexibility index (Phi) is 4.02. The Hall–Kier alpha value is -1.65. The third-order valence-electron chi connectivity index (χ3n) is 2.54. The van der Waals surface area contributed by atoms with Crippen molar-refractivity contribution in [2.75, 3.05) is 0 Å². The van der Waals surface area contributed by atoms with Crippen LogP contribution in [0.1, 0.15) is 18.6 Å². The fourth-order valence-corrected chi connectivity index (χ4v) is 1.72. The highest BCUT2D eigenvalue weighted by atomic mass is 35.5. The maximum atomic E-state index is 13.3. The van der Waals surface area contributed by atoms with E-state index in [9.17, 15) is 13.9 Å². The van der Waals surface area contributed by atoms with Crippen LogP contribution in [0.3, 0.4) is 0 Å². The third kappa shape index (κ3) is 3.22. The Bertz CT molecular complexity index is 600. The molecule has 19 heavy (non-hydrogen) atoms. The molecule has 0 saturated heterocycles. The summed E-state index contributed by atoms with van der Waals surface area (Å²) >= 11 is 5.57. The van der Waals surface area contributed by atoms with Crippen LogP contribution in [-0.4, -0.2) is 5.11 Å². The molecule has 0 amide bonds. The fraction of sp³-hybridized carbons (Fsp3) is 0.143. The zero-order valence-electron chi connectivity index (χ0n) is 10.0. The van der Waals surface area contributed by atoms with Crippen LogP contribution in [0, 0.1) is 11.6 Å². The van der Waals surface area contributed by atoms with Gasteiger partial charge in [-0.3, -0.25) is 0 Å². The van der Waals surface area contributed by atoms with Crippen molar-refractivity contribution in [3.05, 3.63) is 58.6 Å². The number of aliphatic hydroxyl groups excluding tert-OH is 1. The summed E-state index contributed by atoms with van der Waals surface area (Å²) in [7, 11) is 0. The van der Waals surface area contributed by atoms with E-state index in [1.807, 2.05) is 0 Å². The molecule has 1 atom stereocenters. The largest absolute Gasteiger partial charge is 0.457 e. The molecule has 2 rings (SSSR count). The van der Waals surface area contributed by atoms with Crippen LogP contribution >= 0.6 is 11.6 Å². The summed E-state index contributed by atoms with van der Waals surface area (Å²) in [5.41, 5.74) is 0.287. The Morgan fingerprint density at radius 3 is 2.53 bits per heavy atom. The number of rotatable bonds is 3. The molecule has 0 fully saturated rings. The van der Waals surface area contributed by atoms with Gasteiger partial charge in [0.05, 0.1) is 11.1 Å². The van der Waals surface area contributed by atoms with Gasteiger partial charge in [0.2, 0.25) is 0 Å². The molecule has 0 heterocycles. The van der Waals surface area contributed by atoms with E-state index in [2.05, 4.69) is 0 Å². The molecule has 0 spiro atoms. The lowest BCUT2D eigenvalue weighted by molar-refractivity contribution is 0.195. The van der Waals surface area contributed by atoms with E-state index < -0.39 is 17.7 Å². The Balaban J connectivity index is 2.35. The van der Waals surface area contributed by atoms with Crippen LogP contribution < -0.4 is 4.74 Å². The van der Waals surface area contributed by atoms with Gasteiger partial charge in [-0.15, -0.1) is 0 Å². The number of aliphatic hydroxyl groups is 1. The minimum absolute atomic E-state index is 0.0118. The molecular weight excluding hydrogens is 274 g/mol. The van der Waals surface area contributed by atoms with Crippen LogP contribution in [0.25, 0.3) is 0 Å². The van der Waals surface area contributed by atoms with Gasteiger partial charge in [-0.1, -0.05) is 11.6 Å². The predicted octanol–water partition coefficient (Wildman–Crippen LogP) is 4.46. The number of ether oxygens (including phenoxy) is 1. The van der Waals surface area contributed by atoms with Crippen molar-refractivity contribution in [3.8, 4) is 11.5 Å². The van der Waals surface area contributed by atoms with E-state index in [-0.39, 0.29) is 22.1 Å². The normalized spacial score (nSPS) is 12.3. The molecule has 0 aliphatic rings. The lowest BCUT2D eigenvalue weighted by Crippen LogP contribution is -1.97. The van der Waals surface area contributed by atoms with Crippen molar-refractivity contribution >= 4 is 11.6 Å². The summed E-state index contributed by atoms with van der Waals surface area (Å²) in [6, 6.07) is 7.72. The third-order valence-corrected chi connectivity index (χ3v) is 2.85.